The number of benzene rings is 1. The molecule has 0 N–H and O–H groups in total. The Morgan fingerprint density at radius 2 is 2.00 bits per heavy atom. The quantitative estimate of drug-likeness (QED) is 0.681. The number of hydrogen-bond donors (Lipinski definition) is 0. The molecule has 5 heteroatoms. The van der Waals surface area contributed by atoms with E-state index >= 15 is 0 Å². The number of aryl methyl sites for hydroxylation is 1. The maximum atomic E-state index is 11.5. The molecule has 5 nitrogen and oxygen atoms in total. The van der Waals surface area contributed by atoms with E-state index < -0.39 is 0 Å². The van der Waals surface area contributed by atoms with Gasteiger partial charge in [0.05, 0.1) is 29.4 Å². The van der Waals surface area contributed by atoms with Gasteiger partial charge >= 0.3 is 5.97 Å². The van der Waals surface area contributed by atoms with Gasteiger partial charge in [0.1, 0.15) is 6.07 Å². The monoisotopic (exact) mass is 291 g/mol. The van der Waals surface area contributed by atoms with Crippen molar-refractivity contribution in [1.29, 1.82) is 5.26 Å². The van der Waals surface area contributed by atoms with Crippen molar-refractivity contribution in [2.75, 3.05) is 7.11 Å². The number of carbonyl (C=O) groups is 1. The molecule has 0 radical (unpaired) electrons. The third-order valence-electron chi connectivity index (χ3n) is 3.58. The Balaban J connectivity index is 2.17. The van der Waals surface area contributed by atoms with Crippen molar-refractivity contribution in [3.05, 3.63) is 59.3 Å². The van der Waals surface area contributed by atoms with Gasteiger partial charge in [0.15, 0.2) is 0 Å². The molecule has 0 bridgehead atoms. The average Bonchev–Trinajstić information content (AvgIpc) is 2.94. The lowest BCUT2D eigenvalue weighted by atomic mass is 10.1. The molecule has 0 spiro atoms. The fourth-order valence-electron chi connectivity index (χ4n) is 2.48. The molecule has 1 aromatic carbocycles. The number of ether oxygens (including phenoxy) is 1. The summed E-state index contributed by atoms with van der Waals surface area (Å²) in [5.41, 5.74) is 4.55. The molecule has 0 aliphatic carbocycles. The highest BCUT2D eigenvalue weighted by atomic mass is 16.5. The van der Waals surface area contributed by atoms with Crippen LogP contribution in [0.25, 0.3) is 16.8 Å². The summed E-state index contributed by atoms with van der Waals surface area (Å²) in [6.45, 7) is 1.95. The van der Waals surface area contributed by atoms with E-state index in [2.05, 4.69) is 15.9 Å². The first-order chi connectivity index (χ1) is 10.7. The van der Waals surface area contributed by atoms with Crippen LogP contribution in [0.1, 0.15) is 21.5 Å². The van der Waals surface area contributed by atoms with E-state index in [-0.39, 0.29) is 5.97 Å². The van der Waals surface area contributed by atoms with Crippen LogP contribution in [-0.4, -0.2) is 22.7 Å². The van der Waals surface area contributed by atoms with Gasteiger partial charge in [-0.25, -0.2) is 9.31 Å². The second-order valence-electron chi connectivity index (χ2n) is 4.90. The lowest BCUT2D eigenvalue weighted by molar-refractivity contribution is 0.0601. The van der Waals surface area contributed by atoms with Crippen LogP contribution in [0.5, 0.6) is 0 Å². The predicted octanol–water partition coefficient (Wildman–Crippen LogP) is 2.97. The maximum Gasteiger partial charge on any atom is 0.337 e. The lowest BCUT2D eigenvalue weighted by Gasteiger charge is -2.04. The van der Waals surface area contributed by atoms with E-state index in [4.69, 9.17) is 0 Å². The number of hydrogen-bond acceptors (Lipinski definition) is 4. The minimum absolute atomic E-state index is 0.377. The zero-order valence-corrected chi connectivity index (χ0v) is 12.2. The average molecular weight is 291 g/mol. The SMILES string of the molecule is COC(=O)c1ccc(-c2cc(C#N)c3c(C)ccnn23)cc1. The molecule has 0 aliphatic heterocycles. The first-order valence-electron chi connectivity index (χ1n) is 6.72. The smallest absolute Gasteiger partial charge is 0.337 e. The molecule has 0 unspecified atom stereocenters. The predicted molar refractivity (Wildman–Crippen MR) is 81.4 cm³/mol. The molecule has 22 heavy (non-hydrogen) atoms. The summed E-state index contributed by atoms with van der Waals surface area (Å²) in [6.07, 6.45) is 1.70. The molecule has 3 aromatic rings. The van der Waals surface area contributed by atoms with Gasteiger partial charge in [-0.2, -0.15) is 10.4 Å². The normalized spacial score (nSPS) is 10.4. The summed E-state index contributed by atoms with van der Waals surface area (Å²) in [7, 11) is 1.35. The number of rotatable bonds is 2. The number of methoxy groups -OCH3 is 1. The van der Waals surface area contributed by atoms with Crippen LogP contribution >= 0.6 is 0 Å². The van der Waals surface area contributed by atoms with Crippen LogP contribution < -0.4 is 0 Å². The summed E-state index contributed by atoms with van der Waals surface area (Å²) < 4.78 is 6.44. The van der Waals surface area contributed by atoms with Crippen LogP contribution in [0, 0.1) is 18.3 Å². The maximum absolute atomic E-state index is 11.5. The largest absolute Gasteiger partial charge is 0.465 e. The van der Waals surface area contributed by atoms with Crippen molar-refractivity contribution in [2.24, 2.45) is 0 Å². The van der Waals surface area contributed by atoms with Crippen LogP contribution in [0.2, 0.25) is 0 Å². The van der Waals surface area contributed by atoms with Gasteiger partial charge in [-0.05, 0) is 36.8 Å². The molecule has 0 atom stereocenters. The summed E-state index contributed by atoms with van der Waals surface area (Å²) >= 11 is 0. The Bertz CT molecular complexity index is 902. The highest BCUT2D eigenvalue weighted by molar-refractivity contribution is 5.90. The van der Waals surface area contributed by atoms with E-state index in [1.807, 2.05) is 31.2 Å². The zero-order chi connectivity index (χ0) is 15.7. The molecule has 0 aliphatic rings. The molecule has 0 saturated heterocycles. The molecule has 0 fully saturated rings. The Morgan fingerprint density at radius 1 is 1.27 bits per heavy atom. The minimum Gasteiger partial charge on any atom is -0.465 e. The van der Waals surface area contributed by atoms with E-state index in [1.165, 1.54) is 7.11 Å². The molecular weight excluding hydrogens is 278 g/mol. The van der Waals surface area contributed by atoms with Gasteiger partial charge in [0.2, 0.25) is 0 Å². The summed E-state index contributed by atoms with van der Waals surface area (Å²) in [5, 5.41) is 13.7. The first-order valence-corrected chi connectivity index (χ1v) is 6.72. The molecule has 108 valence electrons. The Kier molecular flexibility index (Phi) is 3.36. The van der Waals surface area contributed by atoms with E-state index in [0.29, 0.717) is 11.1 Å². The van der Waals surface area contributed by atoms with Gasteiger partial charge in [-0.3, -0.25) is 0 Å². The number of aromatic nitrogens is 2. The minimum atomic E-state index is -0.377. The number of nitrogens with zero attached hydrogens (tertiary/aromatic N) is 3. The lowest BCUT2D eigenvalue weighted by Crippen LogP contribution is -2.00. The van der Waals surface area contributed by atoms with Crippen LogP contribution in [0.15, 0.2) is 42.6 Å². The molecule has 2 aromatic heterocycles. The first kappa shape index (κ1) is 13.8. The summed E-state index contributed by atoms with van der Waals surface area (Å²) in [5.74, 6) is -0.377. The van der Waals surface area contributed by atoms with Gasteiger partial charge in [0, 0.05) is 11.8 Å². The molecule has 3 rings (SSSR count). The Morgan fingerprint density at radius 3 is 2.64 bits per heavy atom. The molecule has 0 saturated carbocycles. The van der Waals surface area contributed by atoms with Crippen LogP contribution in [0.3, 0.4) is 0 Å². The van der Waals surface area contributed by atoms with Gasteiger partial charge < -0.3 is 4.74 Å². The fourth-order valence-corrected chi connectivity index (χ4v) is 2.48. The molecule has 0 amide bonds. The van der Waals surface area contributed by atoms with Crippen LogP contribution in [0.4, 0.5) is 0 Å². The number of esters is 1. The summed E-state index contributed by atoms with van der Waals surface area (Å²) in [4.78, 5) is 11.5. The standard InChI is InChI=1S/C17H13N3O2/c1-11-7-8-19-20-15(9-14(10-18)16(11)20)12-3-5-13(6-4-12)17(21)22-2/h3-9H,1-2H3. The number of carbonyl (C=O) groups excluding carboxylic acids is 1. The molecular formula is C17H13N3O2. The third kappa shape index (κ3) is 2.11. The van der Waals surface area contributed by atoms with Gasteiger partial charge in [-0.1, -0.05) is 12.1 Å². The number of fused-ring (bicyclic) bond motifs is 1. The van der Waals surface area contributed by atoms with Gasteiger partial charge in [0.25, 0.3) is 0 Å². The van der Waals surface area contributed by atoms with E-state index in [1.54, 1.807) is 22.8 Å². The third-order valence-corrected chi connectivity index (χ3v) is 3.58. The topological polar surface area (TPSA) is 67.4 Å². The zero-order valence-electron chi connectivity index (χ0n) is 12.2. The van der Waals surface area contributed by atoms with Crippen molar-refractivity contribution in [1.82, 2.24) is 9.61 Å². The van der Waals surface area contributed by atoms with Crippen LogP contribution in [-0.2, 0) is 4.74 Å². The van der Waals surface area contributed by atoms with E-state index in [0.717, 1.165) is 22.3 Å². The number of nitriles is 1. The second kappa shape index (κ2) is 5.34. The Hall–Kier alpha value is -3.13. The fraction of sp³-hybridized carbons (Fsp3) is 0.118. The second-order valence-corrected chi connectivity index (χ2v) is 4.90. The van der Waals surface area contributed by atoms with Crippen molar-refractivity contribution < 1.29 is 9.53 Å². The van der Waals surface area contributed by atoms with Crippen molar-refractivity contribution in [3.63, 3.8) is 0 Å². The van der Waals surface area contributed by atoms with Gasteiger partial charge in [-0.15, -0.1) is 0 Å². The van der Waals surface area contributed by atoms with Crippen molar-refractivity contribution in [2.45, 2.75) is 6.92 Å². The Labute approximate surface area is 127 Å². The summed E-state index contributed by atoms with van der Waals surface area (Å²) in [6, 6.07) is 12.9. The van der Waals surface area contributed by atoms with Crippen molar-refractivity contribution in [3.8, 4) is 17.3 Å². The molecule has 2 heterocycles. The van der Waals surface area contributed by atoms with E-state index in [9.17, 15) is 10.1 Å². The highest BCUT2D eigenvalue weighted by Crippen LogP contribution is 2.27. The van der Waals surface area contributed by atoms with Crippen molar-refractivity contribution >= 4 is 11.5 Å². The highest BCUT2D eigenvalue weighted by Gasteiger charge is 2.14.